The molecule has 1 heterocycles. The van der Waals surface area contributed by atoms with Crippen LogP contribution in [0.5, 0.6) is 0 Å². The molecule has 0 aliphatic rings. The SMILES string of the molecule is Fc1c(Cl)ncnc1-c1cccc(Br)c1. The molecule has 76 valence electrons. The molecule has 0 spiro atoms. The van der Waals surface area contributed by atoms with Gasteiger partial charge in [-0.15, -0.1) is 0 Å². The van der Waals surface area contributed by atoms with Crippen LogP contribution in [0.4, 0.5) is 4.39 Å². The van der Waals surface area contributed by atoms with Crippen LogP contribution >= 0.6 is 27.5 Å². The van der Waals surface area contributed by atoms with E-state index in [1.54, 1.807) is 18.2 Å². The maximum absolute atomic E-state index is 13.5. The summed E-state index contributed by atoms with van der Waals surface area (Å²) < 4.78 is 14.4. The van der Waals surface area contributed by atoms with Crippen LogP contribution < -0.4 is 0 Å². The van der Waals surface area contributed by atoms with Crippen LogP contribution in [-0.2, 0) is 0 Å². The zero-order valence-electron chi connectivity index (χ0n) is 7.42. The van der Waals surface area contributed by atoms with Crippen molar-refractivity contribution in [3.8, 4) is 11.3 Å². The van der Waals surface area contributed by atoms with Crippen LogP contribution in [0, 0.1) is 5.82 Å². The zero-order valence-corrected chi connectivity index (χ0v) is 9.76. The first-order chi connectivity index (χ1) is 7.18. The highest BCUT2D eigenvalue weighted by molar-refractivity contribution is 9.10. The molecule has 5 heteroatoms. The summed E-state index contributed by atoms with van der Waals surface area (Å²) >= 11 is 8.87. The molecule has 0 fully saturated rings. The largest absolute Gasteiger partial charge is 0.233 e. The minimum Gasteiger partial charge on any atom is -0.233 e. The Morgan fingerprint density at radius 3 is 2.80 bits per heavy atom. The van der Waals surface area contributed by atoms with Crippen LogP contribution in [0.15, 0.2) is 35.1 Å². The quantitative estimate of drug-likeness (QED) is 0.747. The van der Waals surface area contributed by atoms with E-state index in [2.05, 4.69) is 25.9 Å². The molecular weight excluding hydrogens is 282 g/mol. The number of hydrogen-bond acceptors (Lipinski definition) is 2. The van der Waals surface area contributed by atoms with Gasteiger partial charge in [-0.05, 0) is 12.1 Å². The topological polar surface area (TPSA) is 25.8 Å². The van der Waals surface area contributed by atoms with E-state index in [1.165, 1.54) is 6.33 Å². The fourth-order valence-corrected chi connectivity index (χ4v) is 1.72. The lowest BCUT2D eigenvalue weighted by Gasteiger charge is -2.02. The zero-order chi connectivity index (χ0) is 10.8. The van der Waals surface area contributed by atoms with Gasteiger partial charge in [-0.25, -0.2) is 14.4 Å². The van der Waals surface area contributed by atoms with Gasteiger partial charge in [0, 0.05) is 10.0 Å². The highest BCUT2D eigenvalue weighted by Gasteiger charge is 2.10. The lowest BCUT2D eigenvalue weighted by atomic mass is 10.1. The third-order valence-electron chi connectivity index (χ3n) is 1.84. The second-order valence-electron chi connectivity index (χ2n) is 2.84. The first-order valence-electron chi connectivity index (χ1n) is 4.10. The predicted octanol–water partition coefficient (Wildman–Crippen LogP) is 3.70. The predicted molar refractivity (Wildman–Crippen MR) is 60.1 cm³/mol. The minimum absolute atomic E-state index is 0.167. The molecule has 0 bridgehead atoms. The van der Waals surface area contributed by atoms with Crippen LogP contribution in [0.2, 0.25) is 5.15 Å². The third kappa shape index (κ3) is 2.16. The Hall–Kier alpha value is -1.00. The molecule has 2 nitrogen and oxygen atoms in total. The van der Waals surface area contributed by atoms with Gasteiger partial charge in [-0.3, -0.25) is 0 Å². The summed E-state index contributed by atoms with van der Waals surface area (Å²) in [7, 11) is 0. The summed E-state index contributed by atoms with van der Waals surface area (Å²) in [4.78, 5) is 7.41. The summed E-state index contributed by atoms with van der Waals surface area (Å²) in [5.41, 5.74) is 0.863. The second kappa shape index (κ2) is 4.24. The summed E-state index contributed by atoms with van der Waals surface area (Å²) in [6, 6.07) is 7.17. The summed E-state index contributed by atoms with van der Waals surface area (Å²) in [5.74, 6) is -0.600. The van der Waals surface area contributed by atoms with Crippen molar-refractivity contribution in [1.29, 1.82) is 0 Å². The molecule has 0 atom stereocenters. The Labute approximate surface area is 99.3 Å². The lowest BCUT2D eigenvalue weighted by molar-refractivity contribution is 0.618. The number of rotatable bonds is 1. The van der Waals surface area contributed by atoms with Crippen molar-refractivity contribution >= 4 is 27.5 Å². The van der Waals surface area contributed by atoms with Gasteiger partial charge < -0.3 is 0 Å². The monoisotopic (exact) mass is 286 g/mol. The molecule has 0 amide bonds. The average molecular weight is 288 g/mol. The van der Waals surface area contributed by atoms with Gasteiger partial charge in [0.2, 0.25) is 0 Å². The first-order valence-corrected chi connectivity index (χ1v) is 5.27. The number of hydrogen-bond donors (Lipinski definition) is 0. The molecule has 1 aromatic heterocycles. The van der Waals surface area contributed by atoms with Crippen molar-refractivity contribution in [1.82, 2.24) is 9.97 Å². The Morgan fingerprint density at radius 2 is 2.07 bits per heavy atom. The average Bonchev–Trinajstić information content (AvgIpc) is 2.22. The molecule has 0 unspecified atom stereocenters. The van der Waals surface area contributed by atoms with E-state index in [0.29, 0.717) is 5.56 Å². The van der Waals surface area contributed by atoms with Crippen molar-refractivity contribution in [3.05, 3.63) is 46.0 Å². The fraction of sp³-hybridized carbons (Fsp3) is 0. The molecule has 0 aliphatic carbocycles. The molecular formula is C10H5BrClFN2. The van der Waals surface area contributed by atoms with Gasteiger partial charge >= 0.3 is 0 Å². The molecule has 2 aromatic rings. The number of halogens is 3. The summed E-state index contributed by atoms with van der Waals surface area (Å²) in [6.45, 7) is 0. The molecule has 1 aromatic carbocycles. The molecule has 0 saturated carbocycles. The Bertz CT molecular complexity index is 505. The summed E-state index contributed by atoms with van der Waals surface area (Å²) in [5, 5.41) is -0.167. The number of nitrogens with zero attached hydrogens (tertiary/aromatic N) is 2. The Kier molecular flexibility index (Phi) is 2.98. The van der Waals surface area contributed by atoms with Gasteiger partial charge in [-0.1, -0.05) is 39.7 Å². The fourth-order valence-electron chi connectivity index (χ4n) is 1.19. The van der Waals surface area contributed by atoms with E-state index < -0.39 is 5.82 Å². The highest BCUT2D eigenvalue weighted by atomic mass is 79.9. The van der Waals surface area contributed by atoms with Crippen LogP contribution in [0.1, 0.15) is 0 Å². The molecule has 0 radical (unpaired) electrons. The first kappa shape index (κ1) is 10.5. The van der Waals surface area contributed by atoms with Gasteiger partial charge in [-0.2, -0.15) is 0 Å². The Morgan fingerprint density at radius 1 is 1.27 bits per heavy atom. The smallest absolute Gasteiger partial charge is 0.186 e. The molecule has 0 aliphatic heterocycles. The standard InChI is InChI=1S/C10H5BrClFN2/c11-7-3-1-2-6(4-7)9-8(13)10(12)15-5-14-9/h1-5H. The van der Waals surface area contributed by atoms with Crippen LogP contribution in [-0.4, -0.2) is 9.97 Å². The normalized spacial score (nSPS) is 10.3. The molecule has 0 N–H and O–H groups in total. The van der Waals surface area contributed by atoms with Crippen LogP contribution in [0.25, 0.3) is 11.3 Å². The van der Waals surface area contributed by atoms with E-state index >= 15 is 0 Å². The van der Waals surface area contributed by atoms with Gasteiger partial charge in [0.25, 0.3) is 0 Å². The van der Waals surface area contributed by atoms with E-state index in [-0.39, 0.29) is 10.8 Å². The van der Waals surface area contributed by atoms with E-state index in [1.807, 2.05) is 6.07 Å². The number of aromatic nitrogens is 2. The van der Waals surface area contributed by atoms with Crippen molar-refractivity contribution in [2.45, 2.75) is 0 Å². The van der Waals surface area contributed by atoms with Gasteiger partial charge in [0.1, 0.15) is 12.0 Å². The van der Waals surface area contributed by atoms with Crippen molar-refractivity contribution in [3.63, 3.8) is 0 Å². The van der Waals surface area contributed by atoms with Crippen LogP contribution in [0.3, 0.4) is 0 Å². The molecule has 15 heavy (non-hydrogen) atoms. The molecule has 2 rings (SSSR count). The third-order valence-corrected chi connectivity index (χ3v) is 2.60. The van der Waals surface area contributed by atoms with E-state index in [0.717, 1.165) is 4.47 Å². The maximum Gasteiger partial charge on any atom is 0.186 e. The minimum atomic E-state index is -0.600. The van der Waals surface area contributed by atoms with E-state index in [9.17, 15) is 4.39 Å². The lowest BCUT2D eigenvalue weighted by Crippen LogP contribution is -1.92. The highest BCUT2D eigenvalue weighted by Crippen LogP contribution is 2.25. The van der Waals surface area contributed by atoms with Crippen molar-refractivity contribution < 1.29 is 4.39 Å². The molecule has 0 saturated heterocycles. The van der Waals surface area contributed by atoms with Gasteiger partial charge in [0.05, 0.1) is 0 Å². The number of benzene rings is 1. The summed E-state index contributed by atoms with van der Waals surface area (Å²) in [6.07, 6.45) is 1.24. The van der Waals surface area contributed by atoms with Crippen molar-refractivity contribution in [2.24, 2.45) is 0 Å². The second-order valence-corrected chi connectivity index (χ2v) is 4.11. The van der Waals surface area contributed by atoms with Crippen molar-refractivity contribution in [2.75, 3.05) is 0 Å². The van der Waals surface area contributed by atoms with E-state index in [4.69, 9.17) is 11.6 Å². The maximum atomic E-state index is 13.5. The Balaban J connectivity index is 2.59. The van der Waals surface area contributed by atoms with Gasteiger partial charge in [0.15, 0.2) is 11.0 Å².